The van der Waals surface area contributed by atoms with Gasteiger partial charge < -0.3 is 15.4 Å². The molecule has 0 spiro atoms. The second-order valence-corrected chi connectivity index (χ2v) is 6.63. The molecule has 0 bridgehead atoms. The van der Waals surface area contributed by atoms with E-state index in [1.54, 1.807) is 30.3 Å². The van der Waals surface area contributed by atoms with Gasteiger partial charge in [-0.3, -0.25) is 0 Å². The standard InChI is InChI=1S/C23H21F3N2O2/c24-23(25,26)19-8-4-7-17(15-19)13-14-27-22(29)28-20-9-11-21(12-10-20)30-16-18-5-2-1-3-6-18/h1-12,15H,13-14,16H2,(H2,27,28,29). The van der Waals surface area contributed by atoms with Crippen molar-refractivity contribution in [3.63, 3.8) is 0 Å². The van der Waals surface area contributed by atoms with Crippen molar-refractivity contribution >= 4 is 11.7 Å². The van der Waals surface area contributed by atoms with E-state index in [1.165, 1.54) is 6.07 Å². The van der Waals surface area contributed by atoms with Crippen molar-refractivity contribution in [2.24, 2.45) is 0 Å². The molecule has 0 fully saturated rings. The van der Waals surface area contributed by atoms with Crippen molar-refractivity contribution in [1.29, 1.82) is 0 Å². The van der Waals surface area contributed by atoms with E-state index in [2.05, 4.69) is 10.6 Å². The number of carbonyl (C=O) groups is 1. The molecule has 0 atom stereocenters. The summed E-state index contributed by atoms with van der Waals surface area (Å²) in [4.78, 5) is 12.0. The molecule has 0 saturated heterocycles. The van der Waals surface area contributed by atoms with E-state index in [4.69, 9.17) is 4.74 Å². The van der Waals surface area contributed by atoms with Gasteiger partial charge in [0.2, 0.25) is 0 Å². The Labute approximate surface area is 172 Å². The lowest BCUT2D eigenvalue weighted by Crippen LogP contribution is -2.30. The van der Waals surface area contributed by atoms with Gasteiger partial charge in [0.25, 0.3) is 0 Å². The monoisotopic (exact) mass is 414 g/mol. The highest BCUT2D eigenvalue weighted by Gasteiger charge is 2.30. The third-order valence-corrected chi connectivity index (χ3v) is 4.31. The molecule has 7 heteroatoms. The van der Waals surface area contributed by atoms with Crippen LogP contribution in [-0.2, 0) is 19.2 Å². The second-order valence-electron chi connectivity index (χ2n) is 6.63. The average molecular weight is 414 g/mol. The molecule has 3 aromatic rings. The van der Waals surface area contributed by atoms with E-state index < -0.39 is 17.8 Å². The molecule has 0 aliphatic rings. The van der Waals surface area contributed by atoms with Crippen LogP contribution in [-0.4, -0.2) is 12.6 Å². The van der Waals surface area contributed by atoms with Crippen LogP contribution in [0, 0.1) is 0 Å². The molecule has 156 valence electrons. The number of halogens is 3. The van der Waals surface area contributed by atoms with Crippen molar-refractivity contribution in [2.45, 2.75) is 19.2 Å². The molecule has 0 aliphatic heterocycles. The summed E-state index contributed by atoms with van der Waals surface area (Å²) in [5, 5.41) is 5.32. The first kappa shape index (κ1) is 21.2. The predicted octanol–water partition coefficient (Wildman–Crippen LogP) is 5.65. The van der Waals surface area contributed by atoms with E-state index in [9.17, 15) is 18.0 Å². The van der Waals surface area contributed by atoms with Crippen molar-refractivity contribution in [3.05, 3.63) is 95.6 Å². The zero-order chi connectivity index (χ0) is 21.4. The summed E-state index contributed by atoms with van der Waals surface area (Å²) < 4.78 is 43.9. The van der Waals surface area contributed by atoms with Gasteiger partial charge in [-0.05, 0) is 47.9 Å². The molecule has 0 aliphatic carbocycles. The smallest absolute Gasteiger partial charge is 0.416 e. The topological polar surface area (TPSA) is 50.4 Å². The highest BCUT2D eigenvalue weighted by Crippen LogP contribution is 2.29. The molecule has 2 amide bonds. The molecular weight excluding hydrogens is 393 g/mol. The van der Waals surface area contributed by atoms with Crippen LogP contribution in [0.4, 0.5) is 23.7 Å². The van der Waals surface area contributed by atoms with Crippen LogP contribution >= 0.6 is 0 Å². The third-order valence-electron chi connectivity index (χ3n) is 4.31. The van der Waals surface area contributed by atoms with Gasteiger partial charge in [-0.15, -0.1) is 0 Å². The Kier molecular flexibility index (Phi) is 6.95. The Morgan fingerprint density at radius 2 is 1.57 bits per heavy atom. The molecule has 0 radical (unpaired) electrons. The Hall–Kier alpha value is -3.48. The fourth-order valence-corrected chi connectivity index (χ4v) is 2.77. The van der Waals surface area contributed by atoms with Gasteiger partial charge >= 0.3 is 12.2 Å². The lowest BCUT2D eigenvalue weighted by molar-refractivity contribution is -0.137. The summed E-state index contributed by atoms with van der Waals surface area (Å²) in [7, 11) is 0. The molecule has 4 nitrogen and oxygen atoms in total. The van der Waals surface area contributed by atoms with Crippen LogP contribution in [0.3, 0.4) is 0 Å². The minimum Gasteiger partial charge on any atom is -0.489 e. The molecule has 2 N–H and O–H groups in total. The van der Waals surface area contributed by atoms with Crippen molar-refractivity contribution < 1.29 is 22.7 Å². The van der Waals surface area contributed by atoms with E-state index in [1.807, 2.05) is 30.3 Å². The highest BCUT2D eigenvalue weighted by atomic mass is 19.4. The van der Waals surface area contributed by atoms with Gasteiger partial charge in [0.15, 0.2) is 0 Å². The first-order chi connectivity index (χ1) is 14.4. The quantitative estimate of drug-likeness (QED) is 0.525. The molecule has 30 heavy (non-hydrogen) atoms. The van der Waals surface area contributed by atoms with Crippen LogP contribution < -0.4 is 15.4 Å². The summed E-state index contributed by atoms with van der Waals surface area (Å²) in [6, 6.07) is 21.3. The largest absolute Gasteiger partial charge is 0.489 e. The number of hydrogen-bond acceptors (Lipinski definition) is 2. The second kappa shape index (κ2) is 9.82. The van der Waals surface area contributed by atoms with Crippen LogP contribution in [0.2, 0.25) is 0 Å². The van der Waals surface area contributed by atoms with Crippen molar-refractivity contribution in [1.82, 2.24) is 5.32 Å². The Morgan fingerprint density at radius 1 is 0.867 bits per heavy atom. The maximum Gasteiger partial charge on any atom is 0.416 e. The van der Waals surface area contributed by atoms with Crippen molar-refractivity contribution in [2.75, 3.05) is 11.9 Å². The normalized spacial score (nSPS) is 11.0. The van der Waals surface area contributed by atoms with Gasteiger partial charge in [0, 0.05) is 12.2 Å². The first-order valence-corrected chi connectivity index (χ1v) is 9.38. The predicted molar refractivity (Wildman–Crippen MR) is 109 cm³/mol. The number of ether oxygens (including phenoxy) is 1. The number of hydrogen-bond donors (Lipinski definition) is 2. The maximum absolute atomic E-state index is 12.7. The lowest BCUT2D eigenvalue weighted by Gasteiger charge is -2.11. The minimum absolute atomic E-state index is 0.214. The molecule has 0 aromatic heterocycles. The number of benzene rings is 3. The van der Waals surface area contributed by atoms with E-state index in [0.717, 1.165) is 17.7 Å². The van der Waals surface area contributed by atoms with E-state index in [-0.39, 0.29) is 6.54 Å². The average Bonchev–Trinajstić information content (AvgIpc) is 2.74. The Balaban J connectivity index is 1.42. The van der Waals surface area contributed by atoms with E-state index in [0.29, 0.717) is 30.0 Å². The van der Waals surface area contributed by atoms with Gasteiger partial charge in [-0.1, -0.05) is 48.5 Å². The summed E-state index contributed by atoms with van der Waals surface area (Å²) >= 11 is 0. The zero-order valence-corrected chi connectivity index (χ0v) is 16.1. The van der Waals surface area contributed by atoms with Gasteiger partial charge in [-0.2, -0.15) is 13.2 Å². The summed E-state index contributed by atoms with van der Waals surface area (Å²) in [5.74, 6) is 0.675. The third kappa shape index (κ3) is 6.55. The number of anilines is 1. The summed E-state index contributed by atoms with van der Waals surface area (Å²) in [6.07, 6.45) is -4.08. The molecular formula is C23H21F3N2O2. The molecule has 0 heterocycles. The van der Waals surface area contributed by atoms with Gasteiger partial charge in [0.05, 0.1) is 5.56 Å². The number of nitrogens with one attached hydrogen (secondary N) is 2. The molecule has 3 rings (SSSR count). The maximum atomic E-state index is 12.7. The molecule has 0 saturated carbocycles. The molecule has 3 aromatic carbocycles. The lowest BCUT2D eigenvalue weighted by atomic mass is 10.1. The first-order valence-electron chi connectivity index (χ1n) is 9.38. The fraction of sp³-hybridized carbons (Fsp3) is 0.174. The van der Waals surface area contributed by atoms with Crippen LogP contribution in [0.25, 0.3) is 0 Å². The number of alkyl halides is 3. The van der Waals surface area contributed by atoms with E-state index >= 15 is 0 Å². The number of carbonyl (C=O) groups excluding carboxylic acids is 1. The SMILES string of the molecule is O=C(NCCc1cccc(C(F)(F)F)c1)Nc1ccc(OCc2ccccc2)cc1. The summed E-state index contributed by atoms with van der Waals surface area (Å²) in [5.41, 5.74) is 1.45. The Morgan fingerprint density at radius 3 is 2.27 bits per heavy atom. The van der Waals surface area contributed by atoms with Gasteiger partial charge in [-0.25, -0.2) is 4.79 Å². The Bertz CT molecular complexity index is 958. The number of rotatable bonds is 7. The van der Waals surface area contributed by atoms with Crippen molar-refractivity contribution in [3.8, 4) is 5.75 Å². The molecule has 0 unspecified atom stereocenters. The van der Waals surface area contributed by atoms with Crippen LogP contribution in [0.5, 0.6) is 5.75 Å². The minimum atomic E-state index is -4.38. The highest BCUT2D eigenvalue weighted by molar-refractivity contribution is 5.89. The zero-order valence-electron chi connectivity index (χ0n) is 16.1. The fourth-order valence-electron chi connectivity index (χ4n) is 2.77. The van der Waals surface area contributed by atoms with Gasteiger partial charge in [0.1, 0.15) is 12.4 Å². The number of amides is 2. The van der Waals surface area contributed by atoms with Crippen LogP contribution in [0.1, 0.15) is 16.7 Å². The summed E-state index contributed by atoms with van der Waals surface area (Å²) in [6.45, 7) is 0.662. The number of urea groups is 1. The van der Waals surface area contributed by atoms with Crippen LogP contribution in [0.15, 0.2) is 78.9 Å².